The molecule has 0 bridgehead atoms. The zero-order chi connectivity index (χ0) is 20.1. The molecule has 1 fully saturated rings. The molecule has 6 heteroatoms. The molecule has 1 heterocycles. The molecule has 1 aliphatic heterocycles. The van der Waals surface area contributed by atoms with E-state index in [-0.39, 0.29) is 11.8 Å². The minimum Gasteiger partial charge on any atom is -0.497 e. The fraction of sp³-hybridized carbons (Fsp3) is 0.364. The van der Waals surface area contributed by atoms with E-state index in [1.54, 1.807) is 44.4 Å². The number of amides is 2. The fourth-order valence-corrected chi connectivity index (χ4v) is 3.24. The highest BCUT2D eigenvalue weighted by Gasteiger charge is 2.24. The fourth-order valence-electron chi connectivity index (χ4n) is 3.24. The average Bonchev–Trinajstić information content (AvgIpc) is 3.24. The monoisotopic (exact) mass is 382 g/mol. The summed E-state index contributed by atoms with van der Waals surface area (Å²) in [4.78, 5) is 27.4. The molecule has 0 aromatic heterocycles. The van der Waals surface area contributed by atoms with E-state index < -0.39 is 6.10 Å². The molecule has 1 saturated heterocycles. The molecule has 0 aliphatic carbocycles. The number of carbonyl (C=O) groups is 2. The molecule has 1 N–H and O–H groups in total. The van der Waals surface area contributed by atoms with Gasteiger partial charge in [-0.15, -0.1) is 0 Å². The SMILES string of the molecule is COc1ccc(OC(C)C(=O)Nc2c(C)cccc2C(=O)N2CCCC2)cc1. The molecular weight excluding hydrogens is 356 g/mol. The normalized spacial score (nSPS) is 14.5. The lowest BCUT2D eigenvalue weighted by molar-refractivity contribution is -0.122. The molecule has 1 atom stereocenters. The van der Waals surface area contributed by atoms with Crippen LogP contribution in [0, 0.1) is 6.92 Å². The summed E-state index contributed by atoms with van der Waals surface area (Å²) in [5, 5.41) is 2.89. The Bertz CT molecular complexity index is 842. The summed E-state index contributed by atoms with van der Waals surface area (Å²) in [6.07, 6.45) is 1.32. The Morgan fingerprint density at radius 1 is 1.04 bits per heavy atom. The van der Waals surface area contributed by atoms with Gasteiger partial charge in [-0.05, 0) is 62.6 Å². The van der Waals surface area contributed by atoms with Crippen molar-refractivity contribution < 1.29 is 19.1 Å². The first-order valence-electron chi connectivity index (χ1n) is 9.50. The van der Waals surface area contributed by atoms with Gasteiger partial charge >= 0.3 is 0 Å². The lowest BCUT2D eigenvalue weighted by atomic mass is 10.1. The number of rotatable bonds is 6. The van der Waals surface area contributed by atoms with Crippen LogP contribution in [0.25, 0.3) is 0 Å². The molecule has 3 rings (SSSR count). The standard InChI is InChI=1S/C22H26N2O4/c1-15-7-6-8-19(22(26)24-13-4-5-14-24)20(15)23-21(25)16(2)28-18-11-9-17(27-3)10-12-18/h6-12,16H,4-5,13-14H2,1-3H3,(H,23,25). The highest BCUT2D eigenvalue weighted by atomic mass is 16.5. The first-order valence-corrected chi connectivity index (χ1v) is 9.50. The topological polar surface area (TPSA) is 67.9 Å². The van der Waals surface area contributed by atoms with Gasteiger partial charge in [-0.25, -0.2) is 0 Å². The number of hydrogen-bond acceptors (Lipinski definition) is 4. The summed E-state index contributed by atoms with van der Waals surface area (Å²) < 4.78 is 10.8. The van der Waals surface area contributed by atoms with Crippen LogP contribution in [0.1, 0.15) is 35.7 Å². The summed E-state index contributed by atoms with van der Waals surface area (Å²) in [6.45, 7) is 5.08. The quantitative estimate of drug-likeness (QED) is 0.828. The second-order valence-electron chi connectivity index (χ2n) is 6.92. The number of methoxy groups -OCH3 is 1. The van der Waals surface area contributed by atoms with Crippen molar-refractivity contribution in [1.29, 1.82) is 0 Å². The number of ether oxygens (including phenoxy) is 2. The maximum Gasteiger partial charge on any atom is 0.265 e. The predicted octanol–water partition coefficient (Wildman–Crippen LogP) is 3.65. The number of para-hydroxylation sites is 1. The zero-order valence-electron chi connectivity index (χ0n) is 16.5. The number of aryl methyl sites for hydroxylation is 1. The van der Waals surface area contributed by atoms with Crippen molar-refractivity contribution in [1.82, 2.24) is 4.90 Å². The van der Waals surface area contributed by atoms with Crippen LogP contribution in [-0.2, 0) is 4.79 Å². The lowest BCUT2D eigenvalue weighted by Gasteiger charge is -2.21. The Balaban J connectivity index is 1.72. The molecule has 6 nitrogen and oxygen atoms in total. The Morgan fingerprint density at radius 3 is 2.32 bits per heavy atom. The second kappa shape index (κ2) is 8.78. The van der Waals surface area contributed by atoms with Crippen LogP contribution in [0.4, 0.5) is 5.69 Å². The molecule has 2 aromatic rings. The van der Waals surface area contributed by atoms with Gasteiger partial charge in [-0.1, -0.05) is 12.1 Å². The summed E-state index contributed by atoms with van der Waals surface area (Å²) in [5.74, 6) is 0.942. The second-order valence-corrected chi connectivity index (χ2v) is 6.92. The highest BCUT2D eigenvalue weighted by molar-refractivity contribution is 6.05. The third kappa shape index (κ3) is 4.44. The Morgan fingerprint density at radius 2 is 1.68 bits per heavy atom. The van der Waals surface area contributed by atoms with Gasteiger partial charge in [0, 0.05) is 13.1 Å². The minimum atomic E-state index is -0.720. The molecule has 1 aliphatic rings. The van der Waals surface area contributed by atoms with E-state index >= 15 is 0 Å². The molecule has 148 valence electrons. The molecule has 2 aromatic carbocycles. The van der Waals surface area contributed by atoms with Crippen molar-refractivity contribution in [3.8, 4) is 11.5 Å². The first kappa shape index (κ1) is 19.7. The van der Waals surface area contributed by atoms with Crippen molar-refractivity contribution >= 4 is 17.5 Å². The summed E-state index contributed by atoms with van der Waals surface area (Å²) >= 11 is 0. The van der Waals surface area contributed by atoms with Crippen LogP contribution in [0.15, 0.2) is 42.5 Å². The highest BCUT2D eigenvalue weighted by Crippen LogP contribution is 2.25. The van der Waals surface area contributed by atoms with Crippen molar-refractivity contribution in [3.63, 3.8) is 0 Å². The third-order valence-corrected chi connectivity index (χ3v) is 4.89. The lowest BCUT2D eigenvalue weighted by Crippen LogP contribution is -2.33. The Kier molecular flexibility index (Phi) is 6.19. The number of anilines is 1. The van der Waals surface area contributed by atoms with Gasteiger partial charge in [-0.3, -0.25) is 9.59 Å². The Hall–Kier alpha value is -3.02. The van der Waals surface area contributed by atoms with E-state index in [0.717, 1.165) is 37.2 Å². The molecular formula is C22H26N2O4. The van der Waals surface area contributed by atoms with Gasteiger partial charge in [0.2, 0.25) is 0 Å². The summed E-state index contributed by atoms with van der Waals surface area (Å²) in [5.41, 5.74) is 1.91. The van der Waals surface area contributed by atoms with Gasteiger partial charge in [0.15, 0.2) is 6.10 Å². The van der Waals surface area contributed by atoms with Crippen LogP contribution in [0.3, 0.4) is 0 Å². The van der Waals surface area contributed by atoms with Gasteiger partial charge in [0.1, 0.15) is 11.5 Å². The van der Waals surface area contributed by atoms with E-state index in [9.17, 15) is 9.59 Å². The number of benzene rings is 2. The van der Waals surface area contributed by atoms with Crippen molar-refractivity contribution in [2.45, 2.75) is 32.8 Å². The third-order valence-electron chi connectivity index (χ3n) is 4.89. The van der Waals surface area contributed by atoms with Crippen molar-refractivity contribution in [2.24, 2.45) is 0 Å². The van der Waals surface area contributed by atoms with Gasteiger partial charge in [-0.2, -0.15) is 0 Å². The summed E-state index contributed by atoms with van der Waals surface area (Å²) in [7, 11) is 1.59. The van der Waals surface area contributed by atoms with Crippen LogP contribution in [-0.4, -0.2) is 43.0 Å². The van der Waals surface area contributed by atoms with E-state index in [4.69, 9.17) is 9.47 Å². The molecule has 0 radical (unpaired) electrons. The molecule has 0 saturated carbocycles. The molecule has 0 spiro atoms. The zero-order valence-corrected chi connectivity index (χ0v) is 16.5. The molecule has 1 unspecified atom stereocenters. The molecule has 28 heavy (non-hydrogen) atoms. The maximum atomic E-state index is 12.9. The minimum absolute atomic E-state index is 0.0415. The predicted molar refractivity (Wildman–Crippen MR) is 108 cm³/mol. The van der Waals surface area contributed by atoms with E-state index in [1.807, 2.05) is 24.0 Å². The number of likely N-dealkylation sites (tertiary alicyclic amines) is 1. The number of carbonyl (C=O) groups excluding carboxylic acids is 2. The van der Waals surface area contributed by atoms with E-state index in [1.165, 1.54) is 0 Å². The van der Waals surface area contributed by atoms with Crippen LogP contribution >= 0.6 is 0 Å². The van der Waals surface area contributed by atoms with E-state index in [2.05, 4.69) is 5.32 Å². The number of nitrogens with zero attached hydrogens (tertiary/aromatic N) is 1. The number of nitrogens with one attached hydrogen (secondary N) is 1. The number of hydrogen-bond donors (Lipinski definition) is 1. The largest absolute Gasteiger partial charge is 0.497 e. The van der Waals surface area contributed by atoms with Gasteiger partial charge in [0.25, 0.3) is 11.8 Å². The van der Waals surface area contributed by atoms with Crippen LogP contribution < -0.4 is 14.8 Å². The average molecular weight is 382 g/mol. The first-order chi connectivity index (χ1) is 13.5. The summed E-state index contributed by atoms with van der Waals surface area (Å²) in [6, 6.07) is 12.5. The van der Waals surface area contributed by atoms with Crippen LogP contribution in [0.2, 0.25) is 0 Å². The molecule has 2 amide bonds. The van der Waals surface area contributed by atoms with E-state index in [0.29, 0.717) is 17.0 Å². The van der Waals surface area contributed by atoms with Gasteiger partial charge in [0.05, 0.1) is 18.4 Å². The Labute approximate surface area is 165 Å². The van der Waals surface area contributed by atoms with Crippen molar-refractivity contribution in [3.05, 3.63) is 53.6 Å². The smallest absolute Gasteiger partial charge is 0.265 e. The van der Waals surface area contributed by atoms with Crippen molar-refractivity contribution in [2.75, 3.05) is 25.5 Å². The maximum absolute atomic E-state index is 12.9. The van der Waals surface area contributed by atoms with Crippen LogP contribution in [0.5, 0.6) is 11.5 Å². The van der Waals surface area contributed by atoms with Gasteiger partial charge < -0.3 is 19.7 Å².